The van der Waals surface area contributed by atoms with Crippen molar-refractivity contribution in [2.24, 2.45) is 0 Å². The molecule has 0 atom stereocenters. The minimum absolute atomic E-state index is 0.145. The smallest absolute Gasteiger partial charge is 0.160 e. The fourth-order valence-electron chi connectivity index (χ4n) is 7.66. The molecule has 53 heavy (non-hydrogen) atoms. The molecule has 1 aliphatic carbocycles. The van der Waals surface area contributed by atoms with Crippen LogP contribution in [-0.2, 0) is 5.41 Å². The van der Waals surface area contributed by atoms with E-state index in [0.717, 1.165) is 55.9 Å². The molecule has 0 saturated carbocycles. The van der Waals surface area contributed by atoms with E-state index in [1.165, 1.54) is 27.8 Å². The van der Waals surface area contributed by atoms with Crippen molar-refractivity contribution >= 4 is 0 Å². The van der Waals surface area contributed by atoms with E-state index < -0.39 is 0 Å². The molecule has 0 saturated heterocycles. The summed E-state index contributed by atoms with van der Waals surface area (Å²) in [6.45, 7) is 4.55. The Morgan fingerprint density at radius 1 is 0.396 bits per heavy atom. The number of hydrogen-bond acceptors (Lipinski definition) is 3. The quantitative estimate of drug-likeness (QED) is 0.176. The van der Waals surface area contributed by atoms with E-state index >= 15 is 0 Å². The van der Waals surface area contributed by atoms with Gasteiger partial charge in [-0.1, -0.05) is 153 Å². The Hall–Kier alpha value is -6.89. The Kier molecular flexibility index (Phi) is 7.87. The van der Waals surface area contributed by atoms with Crippen molar-refractivity contribution in [3.63, 3.8) is 0 Å². The molecule has 7 aromatic carbocycles. The average molecular weight is 678 g/mol. The molecule has 0 unspecified atom stereocenters. The second-order valence-electron chi connectivity index (χ2n) is 14.2. The summed E-state index contributed by atoms with van der Waals surface area (Å²) >= 11 is 0. The van der Waals surface area contributed by atoms with E-state index in [-0.39, 0.29) is 5.41 Å². The van der Waals surface area contributed by atoms with Gasteiger partial charge in [-0.15, -0.1) is 0 Å². The average Bonchev–Trinajstić information content (AvgIpc) is 3.46. The molecule has 1 aromatic heterocycles. The molecule has 1 heterocycles. The largest absolute Gasteiger partial charge is 0.228 e. The summed E-state index contributed by atoms with van der Waals surface area (Å²) in [6, 6.07) is 63.9. The highest BCUT2D eigenvalue weighted by atomic mass is 14.9. The van der Waals surface area contributed by atoms with Crippen LogP contribution in [0.15, 0.2) is 176 Å². The van der Waals surface area contributed by atoms with E-state index in [1.54, 1.807) is 0 Å². The second kappa shape index (κ2) is 13.0. The predicted octanol–water partition coefficient (Wildman–Crippen LogP) is 12.7. The Labute approximate surface area is 310 Å². The van der Waals surface area contributed by atoms with E-state index in [4.69, 9.17) is 9.97 Å². The third kappa shape index (κ3) is 5.91. The van der Waals surface area contributed by atoms with E-state index in [1.807, 2.05) is 36.4 Å². The number of aromatic nitrogens is 2. The molecule has 0 aliphatic heterocycles. The Balaban J connectivity index is 1.05. The van der Waals surface area contributed by atoms with Gasteiger partial charge in [0.2, 0.25) is 0 Å². The molecule has 3 heteroatoms. The molecule has 9 rings (SSSR count). The van der Waals surface area contributed by atoms with Crippen LogP contribution in [0.2, 0.25) is 0 Å². The van der Waals surface area contributed by atoms with Gasteiger partial charge in [-0.05, 0) is 92.0 Å². The van der Waals surface area contributed by atoms with E-state index in [9.17, 15) is 5.26 Å². The van der Waals surface area contributed by atoms with Gasteiger partial charge in [-0.3, -0.25) is 0 Å². The number of fused-ring (bicyclic) bond motifs is 3. The third-order valence-corrected chi connectivity index (χ3v) is 10.5. The number of rotatable bonds is 6. The van der Waals surface area contributed by atoms with Crippen molar-refractivity contribution < 1.29 is 0 Å². The van der Waals surface area contributed by atoms with Crippen LogP contribution in [0.1, 0.15) is 30.5 Å². The maximum Gasteiger partial charge on any atom is 0.160 e. The first-order valence-electron chi connectivity index (χ1n) is 18.0. The standard InChI is InChI=1S/C50H35N3/c1-50(2)45-26-19-33(32-51)27-44(45)43-25-24-41(30-46(43)50)40-17-9-15-38(28-40)35-20-22-37(23-21-35)48-31-47(36-13-7-4-8-14-36)52-49(53-48)42-18-10-16-39(29-42)34-11-5-3-6-12-34/h3-31H,1-2H3. The van der Waals surface area contributed by atoms with Crippen molar-refractivity contribution in [1.82, 2.24) is 9.97 Å². The maximum atomic E-state index is 9.53. The van der Waals surface area contributed by atoms with Gasteiger partial charge in [0.15, 0.2) is 5.82 Å². The van der Waals surface area contributed by atoms with Crippen molar-refractivity contribution in [3.8, 4) is 84.5 Å². The van der Waals surface area contributed by atoms with Gasteiger partial charge in [0.25, 0.3) is 0 Å². The topological polar surface area (TPSA) is 49.6 Å². The number of nitriles is 1. The normalized spacial score (nSPS) is 12.5. The minimum atomic E-state index is -0.145. The zero-order valence-corrected chi connectivity index (χ0v) is 29.6. The van der Waals surface area contributed by atoms with Gasteiger partial charge in [-0.2, -0.15) is 5.26 Å². The summed E-state index contributed by atoms with van der Waals surface area (Å²) in [5.74, 6) is 0.696. The van der Waals surface area contributed by atoms with Crippen LogP contribution in [0.25, 0.3) is 78.4 Å². The molecule has 8 aromatic rings. The van der Waals surface area contributed by atoms with Crippen LogP contribution in [-0.4, -0.2) is 9.97 Å². The summed E-state index contributed by atoms with van der Waals surface area (Å²) in [5.41, 5.74) is 17.3. The van der Waals surface area contributed by atoms with Gasteiger partial charge in [0.1, 0.15) is 0 Å². The Morgan fingerprint density at radius 2 is 0.887 bits per heavy atom. The Morgan fingerprint density at radius 3 is 1.55 bits per heavy atom. The van der Waals surface area contributed by atoms with Gasteiger partial charge in [0, 0.05) is 22.1 Å². The van der Waals surface area contributed by atoms with Crippen molar-refractivity contribution in [1.29, 1.82) is 5.26 Å². The predicted molar refractivity (Wildman–Crippen MR) is 217 cm³/mol. The summed E-state index contributed by atoms with van der Waals surface area (Å²) in [6.07, 6.45) is 0. The minimum Gasteiger partial charge on any atom is -0.228 e. The zero-order chi connectivity index (χ0) is 35.9. The van der Waals surface area contributed by atoms with E-state index in [0.29, 0.717) is 11.4 Å². The molecule has 0 N–H and O–H groups in total. The molecular weight excluding hydrogens is 643 g/mol. The van der Waals surface area contributed by atoms with Gasteiger partial charge < -0.3 is 0 Å². The van der Waals surface area contributed by atoms with Crippen molar-refractivity contribution in [2.75, 3.05) is 0 Å². The lowest BCUT2D eigenvalue weighted by atomic mass is 9.81. The first-order valence-corrected chi connectivity index (χ1v) is 18.0. The fraction of sp³-hybridized carbons (Fsp3) is 0.0600. The highest BCUT2D eigenvalue weighted by Crippen LogP contribution is 2.50. The van der Waals surface area contributed by atoms with Crippen LogP contribution in [0.3, 0.4) is 0 Å². The molecule has 0 fully saturated rings. The lowest BCUT2D eigenvalue weighted by Gasteiger charge is -2.22. The zero-order valence-electron chi connectivity index (χ0n) is 29.6. The van der Waals surface area contributed by atoms with Gasteiger partial charge >= 0.3 is 0 Å². The SMILES string of the molecule is CC1(C)c2ccc(C#N)cc2-c2ccc(-c3cccc(-c4ccc(-c5cc(-c6ccccc6)nc(-c6cccc(-c7ccccc7)c6)n5)cc4)c3)cc21. The third-order valence-electron chi connectivity index (χ3n) is 10.5. The number of benzene rings is 7. The second-order valence-corrected chi connectivity index (χ2v) is 14.2. The molecule has 1 aliphatic rings. The van der Waals surface area contributed by atoms with E-state index in [2.05, 4.69) is 159 Å². The summed E-state index contributed by atoms with van der Waals surface area (Å²) < 4.78 is 0. The summed E-state index contributed by atoms with van der Waals surface area (Å²) in [4.78, 5) is 10.2. The fourth-order valence-corrected chi connectivity index (χ4v) is 7.66. The van der Waals surface area contributed by atoms with Crippen LogP contribution in [0.5, 0.6) is 0 Å². The molecule has 0 spiro atoms. The molecular formula is C50H35N3. The highest BCUT2D eigenvalue weighted by Gasteiger charge is 2.35. The monoisotopic (exact) mass is 677 g/mol. The molecule has 3 nitrogen and oxygen atoms in total. The van der Waals surface area contributed by atoms with Crippen LogP contribution in [0, 0.1) is 11.3 Å². The molecule has 0 bridgehead atoms. The molecule has 0 amide bonds. The first-order chi connectivity index (χ1) is 25.9. The number of nitrogens with zero attached hydrogens (tertiary/aromatic N) is 3. The summed E-state index contributed by atoms with van der Waals surface area (Å²) in [5, 5.41) is 9.53. The van der Waals surface area contributed by atoms with Crippen molar-refractivity contribution in [2.45, 2.75) is 19.3 Å². The molecule has 0 radical (unpaired) electrons. The van der Waals surface area contributed by atoms with Crippen molar-refractivity contribution in [3.05, 3.63) is 193 Å². The first kappa shape index (κ1) is 32.0. The van der Waals surface area contributed by atoms with Gasteiger partial charge in [0.05, 0.1) is 23.0 Å². The van der Waals surface area contributed by atoms with Gasteiger partial charge in [-0.25, -0.2) is 9.97 Å². The lowest BCUT2D eigenvalue weighted by molar-refractivity contribution is 0.660. The molecule has 250 valence electrons. The Bertz CT molecular complexity index is 2690. The summed E-state index contributed by atoms with van der Waals surface area (Å²) in [7, 11) is 0. The maximum absolute atomic E-state index is 9.53. The highest BCUT2D eigenvalue weighted by molar-refractivity contribution is 5.85. The van der Waals surface area contributed by atoms with Crippen LogP contribution in [0.4, 0.5) is 0 Å². The number of hydrogen-bond donors (Lipinski definition) is 0. The van der Waals surface area contributed by atoms with Crippen LogP contribution >= 0.6 is 0 Å². The lowest BCUT2D eigenvalue weighted by Crippen LogP contribution is -2.15. The van der Waals surface area contributed by atoms with Crippen LogP contribution < -0.4 is 0 Å².